The van der Waals surface area contributed by atoms with Gasteiger partial charge in [-0.1, -0.05) is 42.4 Å². The van der Waals surface area contributed by atoms with Crippen LogP contribution < -0.4 is 0 Å². The first-order valence-corrected chi connectivity index (χ1v) is 9.84. The van der Waals surface area contributed by atoms with Crippen LogP contribution in [-0.4, -0.2) is 39.0 Å². The van der Waals surface area contributed by atoms with Gasteiger partial charge in [-0.25, -0.2) is 0 Å². The van der Waals surface area contributed by atoms with Crippen molar-refractivity contribution in [3.05, 3.63) is 66.2 Å². The van der Waals surface area contributed by atoms with E-state index in [1.54, 1.807) is 12.4 Å². The van der Waals surface area contributed by atoms with Crippen LogP contribution in [-0.2, 0) is 4.79 Å². The zero-order chi connectivity index (χ0) is 19.3. The van der Waals surface area contributed by atoms with E-state index in [0.717, 1.165) is 49.3 Å². The zero-order valence-corrected chi connectivity index (χ0v) is 16.0. The summed E-state index contributed by atoms with van der Waals surface area (Å²) in [5, 5.41) is 4.17. The number of nitrogens with zero attached hydrogens (tertiary/aromatic N) is 4. The Morgan fingerprint density at radius 3 is 2.64 bits per heavy atom. The van der Waals surface area contributed by atoms with E-state index in [2.05, 4.69) is 22.0 Å². The van der Waals surface area contributed by atoms with Crippen molar-refractivity contribution in [2.24, 2.45) is 0 Å². The first-order valence-electron chi connectivity index (χ1n) is 9.84. The molecule has 1 saturated heterocycles. The fourth-order valence-electron chi connectivity index (χ4n) is 3.82. The van der Waals surface area contributed by atoms with Crippen molar-refractivity contribution in [1.29, 1.82) is 0 Å². The summed E-state index contributed by atoms with van der Waals surface area (Å²) < 4.78 is 5.41. The second-order valence-electron chi connectivity index (χ2n) is 7.17. The molecule has 0 bridgehead atoms. The number of likely N-dealkylation sites (tertiary alicyclic amines) is 1. The molecule has 1 aliphatic heterocycles. The van der Waals surface area contributed by atoms with Crippen molar-refractivity contribution in [3.63, 3.8) is 0 Å². The topological polar surface area (TPSA) is 72.1 Å². The van der Waals surface area contributed by atoms with Gasteiger partial charge in [0.1, 0.15) is 0 Å². The van der Waals surface area contributed by atoms with Crippen LogP contribution in [0, 0.1) is 0 Å². The maximum Gasteiger partial charge on any atom is 0.259 e. The van der Waals surface area contributed by atoms with Gasteiger partial charge < -0.3 is 9.42 Å². The van der Waals surface area contributed by atoms with E-state index in [-0.39, 0.29) is 17.7 Å². The van der Waals surface area contributed by atoms with E-state index in [1.165, 1.54) is 0 Å². The number of hydrogen-bond donors (Lipinski definition) is 0. The SMILES string of the molecule is CCC(C(=O)N1CCC(c2noc(-c3cccnc3)n2)CC1)c1ccccc1. The third-order valence-corrected chi connectivity index (χ3v) is 5.43. The second-order valence-corrected chi connectivity index (χ2v) is 7.17. The molecule has 1 aromatic carbocycles. The third kappa shape index (κ3) is 3.81. The van der Waals surface area contributed by atoms with Gasteiger partial charge in [0.15, 0.2) is 5.82 Å². The lowest BCUT2D eigenvalue weighted by molar-refractivity contribution is -0.134. The van der Waals surface area contributed by atoms with Crippen LogP contribution >= 0.6 is 0 Å². The number of carbonyl (C=O) groups excluding carboxylic acids is 1. The molecule has 6 nitrogen and oxygen atoms in total. The van der Waals surface area contributed by atoms with Crippen LogP contribution in [0.3, 0.4) is 0 Å². The Balaban J connectivity index is 1.39. The van der Waals surface area contributed by atoms with Crippen molar-refractivity contribution in [2.75, 3.05) is 13.1 Å². The van der Waals surface area contributed by atoms with Gasteiger partial charge in [0.2, 0.25) is 5.91 Å². The smallest absolute Gasteiger partial charge is 0.259 e. The molecule has 1 atom stereocenters. The van der Waals surface area contributed by atoms with Crippen LogP contribution in [0.25, 0.3) is 11.5 Å². The molecule has 0 spiro atoms. The summed E-state index contributed by atoms with van der Waals surface area (Å²) in [6.45, 7) is 3.52. The van der Waals surface area contributed by atoms with Gasteiger partial charge in [-0.2, -0.15) is 4.98 Å². The fourth-order valence-corrected chi connectivity index (χ4v) is 3.82. The summed E-state index contributed by atoms with van der Waals surface area (Å²) in [5.41, 5.74) is 1.92. The number of pyridine rings is 1. The normalized spacial score (nSPS) is 16.1. The van der Waals surface area contributed by atoms with Crippen molar-refractivity contribution >= 4 is 5.91 Å². The molecule has 2 aromatic heterocycles. The Morgan fingerprint density at radius 2 is 1.96 bits per heavy atom. The lowest BCUT2D eigenvalue weighted by atomic mass is 9.91. The minimum absolute atomic E-state index is 0.0693. The van der Waals surface area contributed by atoms with Crippen LogP contribution in [0.2, 0.25) is 0 Å². The molecular weight excluding hydrogens is 352 g/mol. The predicted octanol–water partition coefficient (Wildman–Crippen LogP) is 4.03. The van der Waals surface area contributed by atoms with Crippen molar-refractivity contribution in [1.82, 2.24) is 20.0 Å². The number of rotatable bonds is 5. The first kappa shape index (κ1) is 18.3. The van der Waals surface area contributed by atoms with E-state index in [4.69, 9.17) is 4.52 Å². The highest BCUT2D eigenvalue weighted by molar-refractivity contribution is 5.83. The highest BCUT2D eigenvalue weighted by Gasteiger charge is 2.30. The zero-order valence-electron chi connectivity index (χ0n) is 16.0. The molecule has 3 aromatic rings. The van der Waals surface area contributed by atoms with Crippen molar-refractivity contribution in [3.8, 4) is 11.5 Å². The maximum absolute atomic E-state index is 13.0. The molecule has 0 aliphatic carbocycles. The molecule has 0 saturated carbocycles. The van der Waals surface area contributed by atoms with E-state index in [1.807, 2.05) is 47.4 Å². The van der Waals surface area contributed by atoms with Crippen molar-refractivity contribution < 1.29 is 9.32 Å². The molecule has 1 fully saturated rings. The van der Waals surface area contributed by atoms with Gasteiger partial charge in [-0.15, -0.1) is 0 Å². The van der Waals surface area contributed by atoms with Crippen LogP contribution in [0.1, 0.15) is 49.4 Å². The summed E-state index contributed by atoms with van der Waals surface area (Å²) in [6, 6.07) is 13.8. The van der Waals surface area contributed by atoms with Gasteiger partial charge in [0, 0.05) is 31.4 Å². The largest absolute Gasteiger partial charge is 0.342 e. The standard InChI is InChI=1S/C22H24N4O2/c1-2-19(16-7-4-3-5-8-16)22(27)26-13-10-17(11-14-26)20-24-21(28-25-20)18-9-6-12-23-15-18/h3-9,12,15,17,19H,2,10-11,13-14H2,1H3. The number of hydrogen-bond acceptors (Lipinski definition) is 5. The Hall–Kier alpha value is -3.02. The molecule has 144 valence electrons. The van der Waals surface area contributed by atoms with Gasteiger partial charge >= 0.3 is 0 Å². The van der Waals surface area contributed by atoms with Gasteiger partial charge in [-0.05, 0) is 37.0 Å². The quantitative estimate of drug-likeness (QED) is 0.672. The van der Waals surface area contributed by atoms with Crippen molar-refractivity contribution in [2.45, 2.75) is 38.0 Å². The summed E-state index contributed by atoms with van der Waals surface area (Å²) in [5.74, 6) is 1.59. The summed E-state index contributed by atoms with van der Waals surface area (Å²) in [6.07, 6.45) is 5.94. The number of benzene rings is 1. The lowest BCUT2D eigenvalue weighted by Crippen LogP contribution is -2.40. The molecule has 0 N–H and O–H groups in total. The van der Waals surface area contributed by atoms with Crippen LogP contribution in [0.5, 0.6) is 0 Å². The predicted molar refractivity (Wildman–Crippen MR) is 106 cm³/mol. The Labute approximate surface area is 164 Å². The second kappa shape index (κ2) is 8.33. The molecule has 6 heteroatoms. The molecule has 1 unspecified atom stereocenters. The lowest BCUT2D eigenvalue weighted by Gasteiger charge is -2.33. The molecule has 1 aliphatic rings. The third-order valence-electron chi connectivity index (χ3n) is 5.43. The van der Waals surface area contributed by atoms with E-state index >= 15 is 0 Å². The van der Waals surface area contributed by atoms with Crippen LogP contribution in [0.15, 0.2) is 59.4 Å². The number of carbonyl (C=O) groups is 1. The monoisotopic (exact) mass is 376 g/mol. The summed E-state index contributed by atoms with van der Waals surface area (Å²) in [7, 11) is 0. The Bertz CT molecular complexity index is 903. The summed E-state index contributed by atoms with van der Waals surface area (Å²) in [4.78, 5) is 23.7. The van der Waals surface area contributed by atoms with Gasteiger partial charge in [0.05, 0.1) is 11.5 Å². The average Bonchev–Trinajstić information content (AvgIpc) is 3.26. The number of amides is 1. The van der Waals surface area contributed by atoms with E-state index < -0.39 is 0 Å². The van der Waals surface area contributed by atoms with E-state index in [9.17, 15) is 4.79 Å². The highest BCUT2D eigenvalue weighted by atomic mass is 16.5. The molecule has 28 heavy (non-hydrogen) atoms. The molecule has 3 heterocycles. The molecular formula is C22H24N4O2. The Kier molecular flexibility index (Phi) is 5.46. The molecule has 0 radical (unpaired) electrons. The number of aromatic nitrogens is 3. The Morgan fingerprint density at radius 1 is 1.18 bits per heavy atom. The van der Waals surface area contributed by atoms with Crippen LogP contribution in [0.4, 0.5) is 0 Å². The maximum atomic E-state index is 13.0. The minimum atomic E-state index is -0.0693. The number of piperidine rings is 1. The van der Waals surface area contributed by atoms with Gasteiger partial charge in [-0.3, -0.25) is 9.78 Å². The molecule has 4 rings (SSSR count). The average molecular weight is 376 g/mol. The fraction of sp³-hybridized carbons (Fsp3) is 0.364. The molecule has 1 amide bonds. The minimum Gasteiger partial charge on any atom is -0.342 e. The highest BCUT2D eigenvalue weighted by Crippen LogP contribution is 2.30. The first-order chi connectivity index (χ1) is 13.8. The van der Waals surface area contributed by atoms with Gasteiger partial charge in [0.25, 0.3) is 5.89 Å². The summed E-state index contributed by atoms with van der Waals surface area (Å²) >= 11 is 0. The van der Waals surface area contributed by atoms with E-state index in [0.29, 0.717) is 5.89 Å².